The summed E-state index contributed by atoms with van der Waals surface area (Å²) < 4.78 is 44.0. The number of benzene rings is 2. The molecule has 0 saturated carbocycles. The monoisotopic (exact) mass is 489 g/mol. The molecule has 4 rings (SSSR count). The van der Waals surface area contributed by atoms with Crippen molar-refractivity contribution in [3.05, 3.63) is 64.7 Å². The van der Waals surface area contributed by atoms with E-state index in [9.17, 15) is 27.6 Å². The van der Waals surface area contributed by atoms with Gasteiger partial charge in [0.1, 0.15) is 5.75 Å². The molecule has 0 atom stereocenters. The van der Waals surface area contributed by atoms with Gasteiger partial charge < -0.3 is 9.64 Å². The van der Waals surface area contributed by atoms with E-state index in [0.29, 0.717) is 42.0 Å². The summed E-state index contributed by atoms with van der Waals surface area (Å²) in [5, 5.41) is 0. The molecule has 0 spiro atoms. The molecule has 0 aliphatic carbocycles. The molecule has 2 aliphatic heterocycles. The van der Waals surface area contributed by atoms with E-state index in [4.69, 9.17) is 4.74 Å². The summed E-state index contributed by atoms with van der Waals surface area (Å²) >= 11 is 0. The van der Waals surface area contributed by atoms with Gasteiger partial charge in [0, 0.05) is 26.2 Å². The molecule has 2 aliphatic rings. The van der Waals surface area contributed by atoms with Crippen molar-refractivity contribution in [2.75, 3.05) is 39.3 Å². The lowest BCUT2D eigenvalue weighted by molar-refractivity contribution is -0.145. The van der Waals surface area contributed by atoms with Crippen LogP contribution in [-0.2, 0) is 6.54 Å². The fraction of sp³-hybridized carbons (Fsp3) is 0.400. The van der Waals surface area contributed by atoms with Crippen molar-refractivity contribution in [1.82, 2.24) is 14.7 Å². The maximum Gasteiger partial charge on any atom is 0.401 e. The van der Waals surface area contributed by atoms with Crippen LogP contribution in [0.4, 0.5) is 13.2 Å². The Balaban J connectivity index is 1.53. The third-order valence-corrected chi connectivity index (χ3v) is 6.07. The Hall–Kier alpha value is -3.40. The molecule has 2 aromatic carbocycles. The Morgan fingerprint density at radius 3 is 2.29 bits per heavy atom. The molecule has 0 unspecified atom stereocenters. The second-order valence-electron chi connectivity index (χ2n) is 8.54. The van der Waals surface area contributed by atoms with Crippen LogP contribution in [0.5, 0.6) is 5.75 Å². The summed E-state index contributed by atoms with van der Waals surface area (Å²) in [6.07, 6.45) is -3.87. The highest BCUT2D eigenvalue weighted by Crippen LogP contribution is 2.28. The smallest absolute Gasteiger partial charge is 0.401 e. The summed E-state index contributed by atoms with van der Waals surface area (Å²) in [4.78, 5) is 42.8. The van der Waals surface area contributed by atoms with Crippen molar-refractivity contribution in [2.24, 2.45) is 0 Å². The summed E-state index contributed by atoms with van der Waals surface area (Å²) in [5.74, 6) is -0.805. The lowest BCUT2D eigenvalue weighted by Gasteiger charge is -2.24. The van der Waals surface area contributed by atoms with Crippen molar-refractivity contribution in [1.29, 1.82) is 0 Å². The maximum absolute atomic E-state index is 13.4. The molecular weight excluding hydrogens is 463 g/mol. The van der Waals surface area contributed by atoms with Crippen LogP contribution in [0.1, 0.15) is 50.0 Å². The van der Waals surface area contributed by atoms with Crippen molar-refractivity contribution >= 4 is 17.7 Å². The Bertz CT molecular complexity index is 1100. The van der Waals surface area contributed by atoms with Gasteiger partial charge in [0.2, 0.25) is 0 Å². The lowest BCUT2D eigenvalue weighted by Crippen LogP contribution is -2.38. The molecule has 0 aromatic heterocycles. The van der Waals surface area contributed by atoms with Gasteiger partial charge in [0.05, 0.1) is 36.4 Å². The minimum Gasteiger partial charge on any atom is -0.493 e. The van der Waals surface area contributed by atoms with Crippen molar-refractivity contribution in [3.63, 3.8) is 0 Å². The first-order valence-electron chi connectivity index (χ1n) is 11.5. The van der Waals surface area contributed by atoms with Gasteiger partial charge in [-0.15, -0.1) is 0 Å². The molecule has 0 bridgehead atoms. The zero-order valence-electron chi connectivity index (χ0n) is 19.3. The number of alkyl halides is 3. The summed E-state index contributed by atoms with van der Waals surface area (Å²) in [6, 6.07) is 11.5. The molecular formula is C25H26F3N3O4. The predicted octanol–water partition coefficient (Wildman–Crippen LogP) is 3.59. The van der Waals surface area contributed by atoms with Crippen LogP contribution in [0.3, 0.4) is 0 Å². The number of hydrogen-bond donors (Lipinski definition) is 0. The third-order valence-electron chi connectivity index (χ3n) is 6.07. The average molecular weight is 489 g/mol. The van der Waals surface area contributed by atoms with Gasteiger partial charge in [0.15, 0.2) is 0 Å². The Morgan fingerprint density at radius 1 is 0.971 bits per heavy atom. The van der Waals surface area contributed by atoms with E-state index >= 15 is 0 Å². The molecule has 3 amide bonds. The summed E-state index contributed by atoms with van der Waals surface area (Å²) in [5.41, 5.74) is 1.51. The fourth-order valence-corrected chi connectivity index (χ4v) is 4.45. The average Bonchev–Trinajstić information content (AvgIpc) is 2.96. The van der Waals surface area contributed by atoms with Gasteiger partial charge in [-0.25, -0.2) is 0 Å². The Kier molecular flexibility index (Phi) is 7.11. The van der Waals surface area contributed by atoms with Gasteiger partial charge in [-0.2, -0.15) is 13.2 Å². The lowest BCUT2D eigenvalue weighted by atomic mass is 10.1. The number of imide groups is 1. The Labute approximate surface area is 201 Å². The Morgan fingerprint density at radius 2 is 1.66 bits per heavy atom. The molecule has 0 N–H and O–H groups in total. The van der Waals surface area contributed by atoms with Crippen LogP contribution in [0.15, 0.2) is 42.5 Å². The topological polar surface area (TPSA) is 70.2 Å². The predicted molar refractivity (Wildman–Crippen MR) is 121 cm³/mol. The second-order valence-corrected chi connectivity index (χ2v) is 8.54. The highest BCUT2D eigenvalue weighted by atomic mass is 19.4. The largest absolute Gasteiger partial charge is 0.493 e. The quantitative estimate of drug-likeness (QED) is 0.580. The zero-order valence-corrected chi connectivity index (χ0v) is 19.3. The number of carbonyl (C=O) groups is 3. The molecule has 186 valence electrons. The number of rotatable bonds is 6. The van der Waals surface area contributed by atoms with Crippen LogP contribution >= 0.6 is 0 Å². The third kappa shape index (κ3) is 5.48. The first-order chi connectivity index (χ1) is 16.7. The number of halogens is 3. The standard InChI is InChI=1S/C25H26F3N3O4/c1-2-35-21-9-8-17(15-31-23(33)18-6-3-4-7-19(18)24(31)34)14-20(21)22(32)30-11-5-10-29(12-13-30)16-25(26,27)28/h3-4,6-9,14H,2,5,10-13,15-16H2,1H3. The summed E-state index contributed by atoms with van der Waals surface area (Å²) in [6.45, 7) is 1.92. The maximum atomic E-state index is 13.4. The SMILES string of the molecule is CCOc1ccc(CN2C(=O)c3ccccc3C2=O)cc1C(=O)N1CCCN(CC(F)(F)F)CC1. The van der Waals surface area contributed by atoms with Crippen molar-refractivity contribution in [3.8, 4) is 5.75 Å². The number of ether oxygens (including phenoxy) is 1. The van der Waals surface area contributed by atoms with E-state index in [2.05, 4.69) is 0 Å². The van der Waals surface area contributed by atoms with E-state index in [1.807, 2.05) is 0 Å². The summed E-state index contributed by atoms with van der Waals surface area (Å²) in [7, 11) is 0. The highest BCUT2D eigenvalue weighted by molar-refractivity contribution is 6.21. The van der Waals surface area contributed by atoms with E-state index in [-0.39, 0.29) is 37.6 Å². The molecule has 10 heteroatoms. The number of amides is 3. The van der Waals surface area contributed by atoms with E-state index in [1.165, 1.54) is 9.80 Å². The number of hydrogen-bond acceptors (Lipinski definition) is 5. The fourth-order valence-electron chi connectivity index (χ4n) is 4.45. The van der Waals surface area contributed by atoms with E-state index in [1.54, 1.807) is 49.4 Å². The number of nitrogens with zero attached hydrogens (tertiary/aromatic N) is 3. The van der Waals surface area contributed by atoms with Crippen molar-refractivity contribution in [2.45, 2.75) is 26.1 Å². The molecule has 0 radical (unpaired) electrons. The molecule has 7 nitrogen and oxygen atoms in total. The minimum atomic E-state index is -4.29. The van der Waals surface area contributed by atoms with E-state index < -0.39 is 24.5 Å². The van der Waals surface area contributed by atoms with Gasteiger partial charge in [-0.1, -0.05) is 18.2 Å². The second kappa shape index (κ2) is 10.1. The molecule has 2 heterocycles. The highest BCUT2D eigenvalue weighted by Gasteiger charge is 2.35. The van der Waals surface area contributed by atoms with Crippen LogP contribution < -0.4 is 4.74 Å². The van der Waals surface area contributed by atoms with Crippen LogP contribution in [0.2, 0.25) is 0 Å². The first-order valence-corrected chi connectivity index (χ1v) is 11.5. The first kappa shape index (κ1) is 24.7. The molecule has 1 saturated heterocycles. The zero-order chi connectivity index (χ0) is 25.2. The molecule has 35 heavy (non-hydrogen) atoms. The van der Waals surface area contributed by atoms with Gasteiger partial charge in [-0.3, -0.25) is 24.2 Å². The van der Waals surface area contributed by atoms with Gasteiger partial charge in [0.25, 0.3) is 17.7 Å². The van der Waals surface area contributed by atoms with Gasteiger partial charge in [-0.05, 0) is 43.2 Å². The van der Waals surface area contributed by atoms with Gasteiger partial charge >= 0.3 is 6.18 Å². The number of fused-ring (bicyclic) bond motifs is 1. The van der Waals surface area contributed by atoms with Crippen LogP contribution in [0, 0.1) is 0 Å². The normalized spacial score (nSPS) is 16.9. The van der Waals surface area contributed by atoms with E-state index in [0.717, 1.165) is 4.90 Å². The van der Waals surface area contributed by atoms with Crippen LogP contribution in [-0.4, -0.2) is 77.9 Å². The van der Waals surface area contributed by atoms with Crippen LogP contribution in [0.25, 0.3) is 0 Å². The number of carbonyl (C=O) groups excluding carboxylic acids is 3. The minimum absolute atomic E-state index is 0.0155. The van der Waals surface area contributed by atoms with Crippen molar-refractivity contribution < 1.29 is 32.3 Å². The molecule has 1 fully saturated rings. The molecule has 2 aromatic rings.